The third-order valence-corrected chi connectivity index (χ3v) is 4.72. The Morgan fingerprint density at radius 1 is 1.30 bits per heavy atom. The van der Waals surface area contributed by atoms with Crippen LogP contribution in [0.5, 0.6) is 0 Å². The molecular formula is C13H18N4O2S. The molecule has 0 unspecified atom stereocenters. The molecular weight excluding hydrogens is 276 g/mol. The molecule has 0 aliphatic heterocycles. The van der Waals surface area contributed by atoms with E-state index in [1.807, 2.05) is 6.07 Å². The number of aryl methyl sites for hydroxylation is 1. The average molecular weight is 294 g/mol. The number of aromatic nitrogens is 2. The number of rotatable bonds is 6. The number of nitrogens with zero attached hydrogens (tertiary/aromatic N) is 3. The predicted octanol–water partition coefficient (Wildman–Crippen LogP) is 1.06. The van der Waals surface area contributed by atoms with Crippen LogP contribution in [-0.4, -0.2) is 31.8 Å². The van der Waals surface area contributed by atoms with Gasteiger partial charge in [-0.3, -0.25) is 8.99 Å². The molecule has 2 N–H and O–H groups in total. The molecule has 0 amide bonds. The van der Waals surface area contributed by atoms with Gasteiger partial charge in [0.2, 0.25) is 0 Å². The zero-order chi connectivity index (χ0) is 14.6. The molecule has 0 atom stereocenters. The van der Waals surface area contributed by atoms with Crippen LogP contribution < -0.4 is 10.0 Å². The normalized spacial score (nSPS) is 11.5. The number of para-hydroxylation sites is 1. The Labute approximate surface area is 118 Å². The number of benzene rings is 1. The summed E-state index contributed by atoms with van der Waals surface area (Å²) in [5.41, 5.74) is 6.04. The largest absolute Gasteiger partial charge is 0.330 e. The topological polar surface area (TPSA) is 81.2 Å². The second-order valence-corrected chi connectivity index (χ2v) is 6.36. The summed E-state index contributed by atoms with van der Waals surface area (Å²) in [6.07, 6.45) is 3.66. The summed E-state index contributed by atoms with van der Waals surface area (Å²) in [5, 5.41) is 4.05. The number of hydrogen-bond acceptors (Lipinski definition) is 4. The summed E-state index contributed by atoms with van der Waals surface area (Å²) in [6, 6.07) is 8.93. The first-order valence-corrected chi connectivity index (χ1v) is 7.76. The van der Waals surface area contributed by atoms with Crippen LogP contribution in [0.4, 0.5) is 5.69 Å². The van der Waals surface area contributed by atoms with Crippen LogP contribution in [-0.2, 0) is 16.6 Å². The van der Waals surface area contributed by atoms with Crippen molar-refractivity contribution in [2.24, 2.45) is 5.73 Å². The van der Waals surface area contributed by atoms with E-state index in [2.05, 4.69) is 5.10 Å². The minimum atomic E-state index is -3.58. The highest BCUT2D eigenvalue weighted by atomic mass is 32.2. The van der Waals surface area contributed by atoms with Crippen LogP contribution in [0.25, 0.3) is 0 Å². The molecule has 1 aromatic heterocycles. The quantitative estimate of drug-likeness (QED) is 0.863. The minimum Gasteiger partial charge on any atom is -0.330 e. The summed E-state index contributed by atoms with van der Waals surface area (Å²) < 4.78 is 27.8. The van der Waals surface area contributed by atoms with Crippen molar-refractivity contribution in [1.82, 2.24) is 9.78 Å². The molecule has 0 bridgehead atoms. The zero-order valence-corrected chi connectivity index (χ0v) is 12.1. The van der Waals surface area contributed by atoms with E-state index in [1.54, 1.807) is 28.9 Å². The van der Waals surface area contributed by atoms with E-state index in [-0.39, 0.29) is 4.90 Å². The molecule has 2 aromatic rings. The van der Waals surface area contributed by atoms with Gasteiger partial charge in [0.15, 0.2) is 0 Å². The lowest BCUT2D eigenvalue weighted by molar-refractivity contribution is 0.581. The second-order valence-electron chi connectivity index (χ2n) is 4.39. The van der Waals surface area contributed by atoms with Gasteiger partial charge in [-0.1, -0.05) is 18.2 Å². The predicted molar refractivity (Wildman–Crippen MR) is 77.9 cm³/mol. The van der Waals surface area contributed by atoms with Crippen LogP contribution in [0.15, 0.2) is 47.6 Å². The molecule has 20 heavy (non-hydrogen) atoms. The fraction of sp³-hybridized carbons (Fsp3) is 0.308. The van der Waals surface area contributed by atoms with Gasteiger partial charge in [-0.05, 0) is 25.1 Å². The molecule has 0 aliphatic carbocycles. The van der Waals surface area contributed by atoms with Crippen molar-refractivity contribution in [2.45, 2.75) is 17.9 Å². The highest BCUT2D eigenvalue weighted by Crippen LogP contribution is 2.20. The second kappa shape index (κ2) is 6.06. The van der Waals surface area contributed by atoms with E-state index in [4.69, 9.17) is 5.73 Å². The lowest BCUT2D eigenvalue weighted by Gasteiger charge is -2.18. The maximum Gasteiger partial charge on any atom is 0.267 e. The molecule has 0 saturated carbocycles. The van der Waals surface area contributed by atoms with Crippen LogP contribution in [0.3, 0.4) is 0 Å². The number of anilines is 1. The van der Waals surface area contributed by atoms with Gasteiger partial charge in [0, 0.05) is 19.8 Å². The molecule has 1 heterocycles. The molecule has 0 spiro atoms. The highest BCUT2D eigenvalue weighted by molar-refractivity contribution is 7.92. The lowest BCUT2D eigenvalue weighted by Crippen LogP contribution is -2.26. The van der Waals surface area contributed by atoms with Crippen molar-refractivity contribution in [1.29, 1.82) is 0 Å². The fourth-order valence-corrected chi connectivity index (χ4v) is 2.94. The maximum atomic E-state index is 12.5. The van der Waals surface area contributed by atoms with Gasteiger partial charge in [0.05, 0.1) is 11.9 Å². The zero-order valence-electron chi connectivity index (χ0n) is 11.3. The number of sulfonamides is 1. The van der Waals surface area contributed by atoms with Crippen LogP contribution in [0, 0.1) is 0 Å². The van der Waals surface area contributed by atoms with Crippen molar-refractivity contribution >= 4 is 15.7 Å². The first-order valence-electron chi connectivity index (χ1n) is 6.32. The monoisotopic (exact) mass is 294 g/mol. The van der Waals surface area contributed by atoms with Crippen LogP contribution >= 0.6 is 0 Å². The third kappa shape index (κ3) is 3.00. The summed E-state index contributed by atoms with van der Waals surface area (Å²) in [7, 11) is -2.05. The van der Waals surface area contributed by atoms with Gasteiger partial charge >= 0.3 is 0 Å². The van der Waals surface area contributed by atoms with Crippen molar-refractivity contribution in [3.63, 3.8) is 0 Å². The SMILES string of the molecule is CN(c1ccccc1)S(=O)(=O)c1cnn(CCCN)c1. The van der Waals surface area contributed by atoms with E-state index in [1.165, 1.54) is 23.7 Å². The van der Waals surface area contributed by atoms with Gasteiger partial charge in [0.1, 0.15) is 4.90 Å². The maximum absolute atomic E-state index is 12.5. The van der Waals surface area contributed by atoms with Crippen molar-refractivity contribution < 1.29 is 8.42 Å². The Kier molecular flexibility index (Phi) is 4.41. The Balaban J connectivity index is 2.24. The molecule has 0 radical (unpaired) electrons. The Morgan fingerprint density at radius 3 is 2.65 bits per heavy atom. The molecule has 7 heteroatoms. The summed E-state index contributed by atoms with van der Waals surface area (Å²) in [4.78, 5) is 0.181. The van der Waals surface area contributed by atoms with E-state index in [9.17, 15) is 8.42 Å². The van der Waals surface area contributed by atoms with Crippen molar-refractivity contribution in [3.8, 4) is 0 Å². The lowest BCUT2D eigenvalue weighted by atomic mass is 10.3. The van der Waals surface area contributed by atoms with Gasteiger partial charge in [-0.15, -0.1) is 0 Å². The van der Waals surface area contributed by atoms with E-state index < -0.39 is 10.0 Å². The van der Waals surface area contributed by atoms with Crippen molar-refractivity contribution in [3.05, 3.63) is 42.7 Å². The molecule has 6 nitrogen and oxygen atoms in total. The summed E-state index contributed by atoms with van der Waals surface area (Å²) in [6.45, 7) is 1.16. The summed E-state index contributed by atoms with van der Waals surface area (Å²) in [5.74, 6) is 0. The van der Waals surface area contributed by atoms with Gasteiger partial charge < -0.3 is 5.73 Å². The third-order valence-electron chi connectivity index (χ3n) is 2.98. The number of hydrogen-bond donors (Lipinski definition) is 1. The number of nitrogens with two attached hydrogens (primary N) is 1. The minimum absolute atomic E-state index is 0.181. The van der Waals surface area contributed by atoms with Gasteiger partial charge in [-0.25, -0.2) is 8.42 Å². The molecule has 2 rings (SSSR count). The van der Waals surface area contributed by atoms with Crippen molar-refractivity contribution in [2.75, 3.05) is 17.9 Å². The Bertz CT molecular complexity index is 652. The van der Waals surface area contributed by atoms with Gasteiger partial charge in [0.25, 0.3) is 10.0 Å². The van der Waals surface area contributed by atoms with E-state index in [0.29, 0.717) is 18.8 Å². The molecule has 1 aromatic carbocycles. The molecule has 108 valence electrons. The molecule has 0 aliphatic rings. The van der Waals surface area contributed by atoms with Gasteiger partial charge in [-0.2, -0.15) is 5.10 Å². The van der Waals surface area contributed by atoms with E-state index in [0.717, 1.165) is 6.42 Å². The first kappa shape index (κ1) is 14.5. The average Bonchev–Trinajstić information content (AvgIpc) is 2.94. The van der Waals surface area contributed by atoms with Crippen LogP contribution in [0.1, 0.15) is 6.42 Å². The van der Waals surface area contributed by atoms with Crippen LogP contribution in [0.2, 0.25) is 0 Å². The smallest absolute Gasteiger partial charge is 0.267 e. The first-order chi connectivity index (χ1) is 9.55. The standard InChI is InChI=1S/C13H18N4O2S/c1-16(12-6-3-2-4-7-12)20(18,19)13-10-15-17(11-13)9-5-8-14/h2-4,6-7,10-11H,5,8-9,14H2,1H3. The Morgan fingerprint density at radius 2 is 2.00 bits per heavy atom. The summed E-state index contributed by atoms with van der Waals surface area (Å²) >= 11 is 0. The molecule has 0 saturated heterocycles. The van der Waals surface area contributed by atoms with E-state index >= 15 is 0 Å². The fourth-order valence-electron chi connectivity index (χ4n) is 1.79. The highest BCUT2D eigenvalue weighted by Gasteiger charge is 2.22. The Hall–Kier alpha value is -1.86. The molecule has 0 fully saturated rings.